The SMILES string of the molecule is CCC(C#N)N1CCN(CCCCCO)CC1. The van der Waals surface area contributed by atoms with Gasteiger partial charge in [0.05, 0.1) is 12.1 Å². The highest BCUT2D eigenvalue weighted by Crippen LogP contribution is 2.09. The molecule has 0 aromatic heterocycles. The minimum Gasteiger partial charge on any atom is -0.396 e. The van der Waals surface area contributed by atoms with Crippen LogP contribution in [0.2, 0.25) is 0 Å². The Morgan fingerprint density at radius 1 is 1.18 bits per heavy atom. The van der Waals surface area contributed by atoms with E-state index >= 15 is 0 Å². The number of piperazine rings is 1. The van der Waals surface area contributed by atoms with Gasteiger partial charge in [0.2, 0.25) is 0 Å². The van der Waals surface area contributed by atoms with Crippen molar-refractivity contribution in [2.75, 3.05) is 39.3 Å². The van der Waals surface area contributed by atoms with E-state index < -0.39 is 0 Å². The van der Waals surface area contributed by atoms with E-state index in [1.165, 1.54) is 6.42 Å². The molecule has 1 fully saturated rings. The molecule has 1 saturated heterocycles. The molecule has 17 heavy (non-hydrogen) atoms. The lowest BCUT2D eigenvalue weighted by Crippen LogP contribution is -2.49. The van der Waals surface area contributed by atoms with Gasteiger partial charge in [-0.2, -0.15) is 5.26 Å². The standard InChI is InChI=1S/C13H25N3O/c1-2-13(12-14)16-9-7-15(8-10-16)6-4-3-5-11-17/h13,17H,2-11H2,1H3. The van der Waals surface area contributed by atoms with Gasteiger partial charge in [-0.05, 0) is 32.2 Å². The van der Waals surface area contributed by atoms with Crippen molar-refractivity contribution in [3.8, 4) is 6.07 Å². The van der Waals surface area contributed by atoms with Gasteiger partial charge in [-0.15, -0.1) is 0 Å². The van der Waals surface area contributed by atoms with Crippen LogP contribution in [0.4, 0.5) is 0 Å². The van der Waals surface area contributed by atoms with E-state index in [2.05, 4.69) is 22.8 Å². The number of rotatable bonds is 7. The van der Waals surface area contributed by atoms with Crippen LogP contribution in [0.25, 0.3) is 0 Å². The fraction of sp³-hybridized carbons (Fsp3) is 0.923. The molecule has 0 amide bonds. The maximum absolute atomic E-state index is 9.02. The molecule has 1 heterocycles. The van der Waals surface area contributed by atoms with Crippen molar-refractivity contribution in [2.24, 2.45) is 0 Å². The lowest BCUT2D eigenvalue weighted by Gasteiger charge is -2.36. The Bertz CT molecular complexity index is 231. The third kappa shape index (κ3) is 5.03. The molecule has 1 rings (SSSR count). The van der Waals surface area contributed by atoms with E-state index in [-0.39, 0.29) is 6.04 Å². The molecule has 0 bridgehead atoms. The number of hydrogen-bond donors (Lipinski definition) is 1. The average Bonchev–Trinajstić information content (AvgIpc) is 2.38. The van der Waals surface area contributed by atoms with Crippen LogP contribution in [0.1, 0.15) is 32.6 Å². The van der Waals surface area contributed by atoms with Gasteiger partial charge < -0.3 is 10.0 Å². The van der Waals surface area contributed by atoms with Crippen LogP contribution in [0.3, 0.4) is 0 Å². The monoisotopic (exact) mass is 239 g/mol. The first-order valence-corrected chi connectivity index (χ1v) is 6.78. The quantitative estimate of drug-likeness (QED) is 0.675. The Balaban J connectivity index is 2.15. The molecule has 98 valence electrons. The molecule has 0 spiro atoms. The molecule has 0 aromatic rings. The number of aliphatic hydroxyl groups is 1. The molecule has 1 aliphatic heterocycles. The smallest absolute Gasteiger partial charge is 0.0976 e. The molecule has 0 saturated carbocycles. The van der Waals surface area contributed by atoms with Crippen LogP contribution < -0.4 is 0 Å². The normalized spacial score (nSPS) is 20.1. The number of aliphatic hydroxyl groups excluding tert-OH is 1. The van der Waals surface area contributed by atoms with Gasteiger partial charge in [0, 0.05) is 32.8 Å². The van der Waals surface area contributed by atoms with Crippen molar-refractivity contribution in [2.45, 2.75) is 38.6 Å². The summed E-state index contributed by atoms with van der Waals surface area (Å²) < 4.78 is 0. The molecule has 0 aliphatic carbocycles. The summed E-state index contributed by atoms with van der Waals surface area (Å²) in [7, 11) is 0. The van der Waals surface area contributed by atoms with E-state index in [4.69, 9.17) is 10.4 Å². The second kappa shape index (κ2) is 8.46. The van der Waals surface area contributed by atoms with Crippen molar-refractivity contribution in [1.82, 2.24) is 9.80 Å². The Morgan fingerprint density at radius 3 is 2.41 bits per heavy atom. The third-order valence-corrected chi connectivity index (χ3v) is 3.52. The molecule has 1 atom stereocenters. The molecule has 4 nitrogen and oxygen atoms in total. The van der Waals surface area contributed by atoms with Gasteiger partial charge in [-0.3, -0.25) is 4.90 Å². The molecule has 1 aliphatic rings. The molecule has 0 radical (unpaired) electrons. The Hall–Kier alpha value is -0.630. The summed E-state index contributed by atoms with van der Waals surface area (Å²) in [6.45, 7) is 7.73. The van der Waals surface area contributed by atoms with Crippen LogP contribution in [0.5, 0.6) is 0 Å². The zero-order valence-electron chi connectivity index (χ0n) is 10.9. The predicted octanol–water partition coefficient (Wildman–Crippen LogP) is 1.07. The second-order valence-corrected chi connectivity index (χ2v) is 4.72. The lowest BCUT2D eigenvalue weighted by molar-refractivity contribution is 0.111. The van der Waals surface area contributed by atoms with Gasteiger partial charge in [-0.25, -0.2) is 0 Å². The van der Waals surface area contributed by atoms with E-state index in [0.29, 0.717) is 6.61 Å². The van der Waals surface area contributed by atoms with Gasteiger partial charge >= 0.3 is 0 Å². The largest absolute Gasteiger partial charge is 0.396 e. The molecule has 0 aromatic carbocycles. The lowest BCUT2D eigenvalue weighted by atomic mass is 10.1. The molecular formula is C13H25N3O. The van der Waals surface area contributed by atoms with Crippen molar-refractivity contribution in [3.63, 3.8) is 0 Å². The third-order valence-electron chi connectivity index (χ3n) is 3.52. The van der Waals surface area contributed by atoms with Crippen LogP contribution in [0, 0.1) is 11.3 Å². The average molecular weight is 239 g/mol. The summed E-state index contributed by atoms with van der Waals surface area (Å²) in [6, 6.07) is 2.48. The molecule has 1 N–H and O–H groups in total. The first-order chi connectivity index (χ1) is 8.31. The highest BCUT2D eigenvalue weighted by atomic mass is 16.2. The predicted molar refractivity (Wildman–Crippen MR) is 68.6 cm³/mol. The minimum atomic E-state index is 0.103. The summed E-state index contributed by atoms with van der Waals surface area (Å²) in [5.41, 5.74) is 0. The summed E-state index contributed by atoms with van der Waals surface area (Å²) in [5, 5.41) is 17.7. The number of nitriles is 1. The van der Waals surface area contributed by atoms with E-state index in [9.17, 15) is 0 Å². The van der Waals surface area contributed by atoms with Crippen LogP contribution in [-0.2, 0) is 0 Å². The van der Waals surface area contributed by atoms with Crippen LogP contribution >= 0.6 is 0 Å². The van der Waals surface area contributed by atoms with Crippen molar-refractivity contribution >= 4 is 0 Å². The summed E-state index contributed by atoms with van der Waals surface area (Å²) >= 11 is 0. The first-order valence-electron chi connectivity index (χ1n) is 6.78. The van der Waals surface area contributed by atoms with E-state index in [1.54, 1.807) is 0 Å². The van der Waals surface area contributed by atoms with Gasteiger partial charge in [-0.1, -0.05) is 6.92 Å². The Kier molecular flexibility index (Phi) is 7.18. The molecular weight excluding hydrogens is 214 g/mol. The van der Waals surface area contributed by atoms with E-state index in [0.717, 1.165) is 52.0 Å². The summed E-state index contributed by atoms with van der Waals surface area (Å²) in [6.07, 6.45) is 4.14. The molecule has 4 heteroatoms. The zero-order valence-corrected chi connectivity index (χ0v) is 10.9. The highest BCUT2D eigenvalue weighted by molar-refractivity contribution is 4.92. The number of nitrogens with zero attached hydrogens (tertiary/aromatic N) is 3. The molecule has 1 unspecified atom stereocenters. The Morgan fingerprint density at radius 2 is 1.88 bits per heavy atom. The van der Waals surface area contributed by atoms with Crippen LogP contribution in [-0.4, -0.2) is 60.3 Å². The van der Waals surface area contributed by atoms with Crippen LogP contribution in [0.15, 0.2) is 0 Å². The summed E-state index contributed by atoms with van der Waals surface area (Å²) in [5.74, 6) is 0. The van der Waals surface area contributed by atoms with Gasteiger partial charge in [0.15, 0.2) is 0 Å². The second-order valence-electron chi connectivity index (χ2n) is 4.72. The maximum Gasteiger partial charge on any atom is 0.0976 e. The van der Waals surface area contributed by atoms with Gasteiger partial charge in [0.1, 0.15) is 0 Å². The topological polar surface area (TPSA) is 50.5 Å². The maximum atomic E-state index is 9.02. The fourth-order valence-electron chi connectivity index (χ4n) is 2.35. The zero-order chi connectivity index (χ0) is 12.5. The highest BCUT2D eigenvalue weighted by Gasteiger charge is 2.21. The number of unbranched alkanes of at least 4 members (excludes halogenated alkanes) is 2. The fourth-order valence-corrected chi connectivity index (χ4v) is 2.35. The first kappa shape index (κ1) is 14.4. The number of hydrogen-bond acceptors (Lipinski definition) is 4. The van der Waals surface area contributed by atoms with Gasteiger partial charge in [0.25, 0.3) is 0 Å². The van der Waals surface area contributed by atoms with Crippen molar-refractivity contribution < 1.29 is 5.11 Å². The van der Waals surface area contributed by atoms with Crippen molar-refractivity contribution in [1.29, 1.82) is 5.26 Å². The minimum absolute atomic E-state index is 0.103. The Labute approximate surface area is 105 Å². The summed E-state index contributed by atoms with van der Waals surface area (Å²) in [4.78, 5) is 4.77. The van der Waals surface area contributed by atoms with Crippen molar-refractivity contribution in [3.05, 3.63) is 0 Å². The van der Waals surface area contributed by atoms with E-state index in [1.807, 2.05) is 0 Å².